The Labute approximate surface area is 133 Å². The Hall–Kier alpha value is -1.63. The zero-order chi connectivity index (χ0) is 15.4. The van der Waals surface area contributed by atoms with Gasteiger partial charge in [-0.1, -0.05) is 16.8 Å². The molecule has 118 valence electrons. The molecule has 1 heterocycles. The summed E-state index contributed by atoms with van der Waals surface area (Å²) in [6.07, 6.45) is 1.67. The topological polar surface area (TPSA) is 80.4 Å². The second-order valence-corrected chi connectivity index (χ2v) is 5.81. The van der Waals surface area contributed by atoms with Crippen LogP contribution in [0.2, 0.25) is 5.02 Å². The number of ether oxygens (including phenoxy) is 1. The van der Waals surface area contributed by atoms with Crippen LogP contribution in [0.1, 0.15) is 30.5 Å². The highest BCUT2D eigenvalue weighted by molar-refractivity contribution is 6.30. The SMILES string of the molecule is OC(CNCc1nc(C2CC2)no1)COc1ccc(Cl)cc1. The van der Waals surface area contributed by atoms with E-state index in [0.717, 1.165) is 18.7 Å². The molecule has 1 aromatic heterocycles. The number of hydrogen-bond acceptors (Lipinski definition) is 6. The zero-order valence-electron chi connectivity index (χ0n) is 12.0. The van der Waals surface area contributed by atoms with Gasteiger partial charge >= 0.3 is 0 Å². The molecule has 1 atom stereocenters. The van der Waals surface area contributed by atoms with Crippen LogP contribution in [0.15, 0.2) is 28.8 Å². The predicted octanol–water partition coefficient (Wildman–Crippen LogP) is 2.13. The molecular formula is C15H18ClN3O3. The molecule has 0 amide bonds. The summed E-state index contributed by atoms with van der Waals surface area (Å²) in [5, 5.41) is 17.5. The van der Waals surface area contributed by atoms with Gasteiger partial charge in [-0.3, -0.25) is 0 Å². The molecule has 2 N–H and O–H groups in total. The molecule has 0 radical (unpaired) electrons. The normalized spacial score (nSPS) is 15.7. The van der Waals surface area contributed by atoms with Crippen molar-refractivity contribution < 1.29 is 14.4 Å². The molecule has 1 saturated carbocycles. The van der Waals surface area contributed by atoms with Gasteiger partial charge in [-0.2, -0.15) is 4.98 Å². The lowest BCUT2D eigenvalue weighted by Crippen LogP contribution is -2.31. The molecular weight excluding hydrogens is 306 g/mol. The van der Waals surface area contributed by atoms with E-state index < -0.39 is 6.10 Å². The number of halogens is 1. The molecule has 1 unspecified atom stereocenters. The molecule has 1 fully saturated rings. The summed E-state index contributed by atoms with van der Waals surface area (Å²) in [5.41, 5.74) is 0. The van der Waals surface area contributed by atoms with Crippen molar-refractivity contribution in [2.45, 2.75) is 31.4 Å². The molecule has 0 spiro atoms. The molecule has 22 heavy (non-hydrogen) atoms. The van der Waals surface area contributed by atoms with Crippen LogP contribution in [-0.4, -0.2) is 34.5 Å². The third-order valence-electron chi connectivity index (χ3n) is 3.34. The molecule has 1 aromatic carbocycles. The molecule has 7 heteroatoms. The Morgan fingerprint density at radius 2 is 2.14 bits per heavy atom. The second kappa shape index (κ2) is 7.09. The smallest absolute Gasteiger partial charge is 0.240 e. The number of nitrogens with one attached hydrogen (secondary N) is 1. The van der Waals surface area contributed by atoms with Crippen LogP contribution >= 0.6 is 11.6 Å². The van der Waals surface area contributed by atoms with Gasteiger partial charge in [0.2, 0.25) is 5.89 Å². The fraction of sp³-hybridized carbons (Fsp3) is 0.467. The number of benzene rings is 1. The summed E-state index contributed by atoms with van der Waals surface area (Å²) in [5.74, 6) is 2.50. The highest BCUT2D eigenvalue weighted by Crippen LogP contribution is 2.37. The highest BCUT2D eigenvalue weighted by atomic mass is 35.5. The lowest BCUT2D eigenvalue weighted by atomic mass is 10.3. The minimum Gasteiger partial charge on any atom is -0.491 e. The first-order valence-electron chi connectivity index (χ1n) is 7.30. The maximum Gasteiger partial charge on any atom is 0.240 e. The minimum absolute atomic E-state index is 0.200. The van der Waals surface area contributed by atoms with Crippen molar-refractivity contribution in [1.82, 2.24) is 15.5 Å². The number of hydrogen-bond donors (Lipinski definition) is 2. The van der Waals surface area contributed by atoms with Crippen molar-refractivity contribution in [1.29, 1.82) is 0 Å². The van der Waals surface area contributed by atoms with Crippen molar-refractivity contribution >= 4 is 11.6 Å². The van der Waals surface area contributed by atoms with Gasteiger partial charge in [-0.05, 0) is 37.1 Å². The standard InChI is InChI=1S/C15H18ClN3O3/c16-11-3-5-13(6-4-11)21-9-12(20)7-17-8-14-18-15(19-22-14)10-1-2-10/h3-6,10,12,17,20H,1-2,7-9H2. The van der Waals surface area contributed by atoms with Crippen LogP contribution in [-0.2, 0) is 6.54 Å². The predicted molar refractivity (Wildman–Crippen MR) is 80.9 cm³/mol. The van der Waals surface area contributed by atoms with Crippen molar-refractivity contribution in [2.24, 2.45) is 0 Å². The highest BCUT2D eigenvalue weighted by Gasteiger charge is 2.28. The lowest BCUT2D eigenvalue weighted by molar-refractivity contribution is 0.105. The summed E-state index contributed by atoms with van der Waals surface area (Å²) in [7, 11) is 0. The zero-order valence-corrected chi connectivity index (χ0v) is 12.8. The van der Waals surface area contributed by atoms with Gasteiger partial charge in [0.25, 0.3) is 0 Å². The maximum atomic E-state index is 9.87. The first-order valence-corrected chi connectivity index (χ1v) is 7.68. The Bertz CT molecular complexity index is 598. The fourth-order valence-electron chi connectivity index (χ4n) is 1.98. The van der Waals surface area contributed by atoms with Crippen LogP contribution in [0.5, 0.6) is 5.75 Å². The van der Waals surface area contributed by atoms with Crippen molar-refractivity contribution in [3.63, 3.8) is 0 Å². The van der Waals surface area contributed by atoms with Gasteiger partial charge in [-0.25, -0.2) is 0 Å². The summed E-state index contributed by atoms with van der Waals surface area (Å²) >= 11 is 5.79. The van der Waals surface area contributed by atoms with E-state index in [-0.39, 0.29) is 6.61 Å². The molecule has 0 saturated heterocycles. The number of aromatic nitrogens is 2. The Morgan fingerprint density at radius 1 is 1.36 bits per heavy atom. The summed E-state index contributed by atoms with van der Waals surface area (Å²) in [6, 6.07) is 7.02. The number of aliphatic hydroxyl groups excluding tert-OH is 1. The average molecular weight is 324 g/mol. The van der Waals surface area contributed by atoms with Gasteiger partial charge in [0, 0.05) is 17.5 Å². The van der Waals surface area contributed by atoms with Crippen molar-refractivity contribution in [2.75, 3.05) is 13.2 Å². The third kappa shape index (κ3) is 4.43. The van der Waals surface area contributed by atoms with E-state index in [1.807, 2.05) is 0 Å². The quantitative estimate of drug-likeness (QED) is 0.774. The minimum atomic E-state index is -0.624. The third-order valence-corrected chi connectivity index (χ3v) is 3.59. The van der Waals surface area contributed by atoms with Gasteiger partial charge in [0.15, 0.2) is 5.82 Å². The van der Waals surface area contributed by atoms with Gasteiger partial charge in [0.05, 0.1) is 6.54 Å². The molecule has 1 aliphatic rings. The summed E-state index contributed by atoms with van der Waals surface area (Å²) < 4.78 is 10.6. The molecule has 1 aliphatic carbocycles. The average Bonchev–Trinajstić information content (AvgIpc) is 3.26. The molecule has 0 aliphatic heterocycles. The second-order valence-electron chi connectivity index (χ2n) is 5.37. The lowest BCUT2D eigenvalue weighted by Gasteiger charge is -2.12. The van der Waals surface area contributed by atoms with E-state index in [9.17, 15) is 5.11 Å². The first-order chi connectivity index (χ1) is 10.7. The molecule has 0 bridgehead atoms. The molecule has 6 nitrogen and oxygen atoms in total. The Morgan fingerprint density at radius 3 is 2.86 bits per heavy atom. The monoisotopic (exact) mass is 323 g/mol. The van der Waals surface area contributed by atoms with Crippen LogP contribution in [0, 0.1) is 0 Å². The summed E-state index contributed by atoms with van der Waals surface area (Å²) in [6.45, 7) is 1.03. The molecule has 3 rings (SSSR count). The van der Waals surface area contributed by atoms with Crippen LogP contribution in [0.3, 0.4) is 0 Å². The maximum absolute atomic E-state index is 9.87. The number of aliphatic hydroxyl groups is 1. The number of rotatable bonds is 8. The molecule has 2 aromatic rings. The van der Waals surface area contributed by atoms with E-state index in [2.05, 4.69) is 15.5 Å². The summed E-state index contributed by atoms with van der Waals surface area (Å²) in [4.78, 5) is 4.31. The van der Waals surface area contributed by atoms with Gasteiger partial charge < -0.3 is 19.7 Å². The fourth-order valence-corrected chi connectivity index (χ4v) is 2.10. The number of nitrogens with zero attached hydrogens (tertiary/aromatic N) is 2. The van der Waals surface area contributed by atoms with E-state index in [1.54, 1.807) is 24.3 Å². The van der Waals surface area contributed by atoms with Crippen LogP contribution in [0.4, 0.5) is 0 Å². The van der Waals surface area contributed by atoms with Crippen molar-refractivity contribution in [3.05, 3.63) is 41.0 Å². The first kappa shape index (κ1) is 15.3. The largest absolute Gasteiger partial charge is 0.491 e. The van der Waals surface area contributed by atoms with Gasteiger partial charge in [-0.15, -0.1) is 0 Å². The van der Waals surface area contributed by atoms with E-state index in [0.29, 0.717) is 35.7 Å². The van der Waals surface area contributed by atoms with E-state index >= 15 is 0 Å². The van der Waals surface area contributed by atoms with Crippen molar-refractivity contribution in [3.8, 4) is 5.75 Å². The Balaban J connectivity index is 1.34. The van der Waals surface area contributed by atoms with Gasteiger partial charge in [0.1, 0.15) is 18.5 Å². The van der Waals surface area contributed by atoms with Crippen LogP contribution in [0.25, 0.3) is 0 Å². The van der Waals surface area contributed by atoms with Crippen LogP contribution < -0.4 is 10.1 Å². The Kier molecular flexibility index (Phi) is 4.92. The van der Waals surface area contributed by atoms with E-state index in [1.165, 1.54) is 0 Å². The van der Waals surface area contributed by atoms with E-state index in [4.69, 9.17) is 20.9 Å².